The van der Waals surface area contributed by atoms with Crippen molar-refractivity contribution < 1.29 is 19.8 Å². The minimum atomic E-state index is -1.02. The highest BCUT2D eigenvalue weighted by Crippen LogP contribution is 2.50. The highest BCUT2D eigenvalue weighted by Gasteiger charge is 2.47. The summed E-state index contributed by atoms with van der Waals surface area (Å²) in [6, 6.07) is 7.76. The number of hydrogen-bond acceptors (Lipinski definition) is 5. The minimum Gasteiger partial charge on any atom is -0.487 e. The van der Waals surface area contributed by atoms with Crippen LogP contribution in [0.2, 0.25) is 0 Å². The molecule has 1 aromatic rings. The van der Waals surface area contributed by atoms with Gasteiger partial charge in [-0.2, -0.15) is 0 Å². The lowest BCUT2D eigenvalue weighted by Gasteiger charge is -2.48. The molecule has 0 bridgehead atoms. The maximum absolute atomic E-state index is 11.7. The van der Waals surface area contributed by atoms with Crippen molar-refractivity contribution in [3.63, 3.8) is 0 Å². The molecule has 25 heavy (non-hydrogen) atoms. The van der Waals surface area contributed by atoms with Gasteiger partial charge in [0.05, 0.1) is 12.2 Å². The molecule has 0 aromatic heterocycles. The molecule has 0 amide bonds. The number of fused-ring (bicyclic) bond motifs is 1. The van der Waals surface area contributed by atoms with Gasteiger partial charge in [0, 0.05) is 12.0 Å². The zero-order valence-corrected chi connectivity index (χ0v) is 14.4. The van der Waals surface area contributed by atoms with E-state index in [0.717, 1.165) is 48.5 Å². The number of carboxylic acids is 1. The van der Waals surface area contributed by atoms with Crippen LogP contribution in [0.25, 0.3) is 0 Å². The van der Waals surface area contributed by atoms with Crippen molar-refractivity contribution in [2.45, 2.75) is 63.3 Å². The topological polar surface area (TPSA) is 73.2 Å². The van der Waals surface area contributed by atoms with Gasteiger partial charge >= 0.3 is 5.97 Å². The predicted molar refractivity (Wildman–Crippen MR) is 90.9 cm³/mol. The van der Waals surface area contributed by atoms with Crippen LogP contribution < -0.4 is 4.74 Å². The number of carbonyl (C=O) groups is 1. The quantitative estimate of drug-likeness (QED) is 0.855. The van der Waals surface area contributed by atoms with Crippen LogP contribution >= 0.6 is 0 Å². The Morgan fingerprint density at radius 3 is 2.68 bits per heavy atom. The van der Waals surface area contributed by atoms with Gasteiger partial charge in [0.2, 0.25) is 0 Å². The molecule has 1 spiro atoms. The summed E-state index contributed by atoms with van der Waals surface area (Å²) >= 11 is 0. The Balaban J connectivity index is 1.77. The molecule has 1 fully saturated rings. The van der Waals surface area contributed by atoms with Gasteiger partial charge in [0.15, 0.2) is 0 Å². The molecule has 1 aliphatic carbocycles. The van der Waals surface area contributed by atoms with E-state index in [1.54, 1.807) is 0 Å². The molecular formula is C19H24N2O4. The Morgan fingerprint density at radius 2 is 1.96 bits per heavy atom. The van der Waals surface area contributed by atoms with Crippen molar-refractivity contribution in [1.82, 2.24) is 9.96 Å². The number of para-hydroxylation sites is 1. The largest absolute Gasteiger partial charge is 0.487 e. The highest BCUT2D eigenvalue weighted by molar-refractivity contribution is 5.86. The van der Waals surface area contributed by atoms with E-state index < -0.39 is 12.1 Å². The summed E-state index contributed by atoms with van der Waals surface area (Å²) < 4.78 is 6.44. The van der Waals surface area contributed by atoms with E-state index >= 15 is 0 Å². The van der Waals surface area contributed by atoms with Crippen LogP contribution in [0.5, 0.6) is 5.75 Å². The van der Waals surface area contributed by atoms with Crippen LogP contribution in [-0.2, 0) is 4.79 Å². The van der Waals surface area contributed by atoms with E-state index in [1.807, 2.05) is 36.1 Å². The van der Waals surface area contributed by atoms with Crippen LogP contribution in [0.3, 0.4) is 0 Å². The number of hydroxylamine groups is 2. The number of benzene rings is 1. The Morgan fingerprint density at radius 1 is 1.24 bits per heavy atom. The molecular weight excluding hydrogens is 320 g/mol. The van der Waals surface area contributed by atoms with Crippen molar-refractivity contribution in [3.05, 3.63) is 41.7 Å². The molecule has 0 radical (unpaired) electrons. The van der Waals surface area contributed by atoms with E-state index in [-0.39, 0.29) is 17.3 Å². The second kappa shape index (κ2) is 5.95. The lowest BCUT2D eigenvalue weighted by molar-refractivity contribution is -0.138. The molecule has 2 aliphatic heterocycles. The van der Waals surface area contributed by atoms with Crippen molar-refractivity contribution in [2.75, 3.05) is 0 Å². The van der Waals surface area contributed by atoms with Crippen LogP contribution in [0.1, 0.15) is 57.1 Å². The standard InChI is InChI=1S/C19H24N2O4/c1-13-20(24)12-16(18(22)23)21(13)15-11-19(9-5-2-6-10-19)25-17-8-4-3-7-14(15)17/h3-4,7-8,12-13,15,24H,2,5-6,9-11H2,1H3,(H,22,23). The van der Waals surface area contributed by atoms with Gasteiger partial charge in [-0.25, -0.2) is 9.86 Å². The molecule has 3 aliphatic rings. The molecule has 1 aromatic carbocycles. The van der Waals surface area contributed by atoms with Crippen LogP contribution in [0.15, 0.2) is 36.2 Å². The first-order chi connectivity index (χ1) is 12.0. The summed E-state index contributed by atoms with van der Waals surface area (Å²) in [5.74, 6) is -0.181. The summed E-state index contributed by atoms with van der Waals surface area (Å²) in [6.45, 7) is 1.82. The van der Waals surface area contributed by atoms with Gasteiger partial charge in [-0.3, -0.25) is 5.21 Å². The van der Waals surface area contributed by atoms with E-state index in [0.29, 0.717) is 0 Å². The zero-order valence-electron chi connectivity index (χ0n) is 14.4. The Bertz CT molecular complexity index is 711. The first-order valence-corrected chi connectivity index (χ1v) is 8.99. The summed E-state index contributed by atoms with van der Waals surface area (Å²) in [5.41, 5.74) is 0.888. The predicted octanol–water partition coefficient (Wildman–Crippen LogP) is 3.49. The monoisotopic (exact) mass is 344 g/mol. The molecule has 6 nitrogen and oxygen atoms in total. The van der Waals surface area contributed by atoms with Gasteiger partial charge in [-0.05, 0) is 38.7 Å². The molecule has 2 N–H and O–H groups in total. The number of aliphatic carboxylic acids is 1. The van der Waals surface area contributed by atoms with Crippen LogP contribution in [0, 0.1) is 0 Å². The van der Waals surface area contributed by atoms with Crippen LogP contribution in [0.4, 0.5) is 0 Å². The van der Waals surface area contributed by atoms with E-state index in [1.165, 1.54) is 12.6 Å². The number of rotatable bonds is 2. The van der Waals surface area contributed by atoms with Gasteiger partial charge in [0.1, 0.15) is 23.2 Å². The third-order valence-electron chi connectivity index (χ3n) is 5.81. The smallest absolute Gasteiger partial charge is 0.353 e. The van der Waals surface area contributed by atoms with Crippen molar-refractivity contribution in [1.29, 1.82) is 0 Å². The van der Waals surface area contributed by atoms with E-state index in [2.05, 4.69) is 0 Å². The molecule has 1 saturated carbocycles. The second-order valence-corrected chi connectivity index (χ2v) is 7.34. The maximum atomic E-state index is 11.7. The lowest BCUT2D eigenvalue weighted by Crippen LogP contribution is -2.49. The van der Waals surface area contributed by atoms with Crippen molar-refractivity contribution in [3.8, 4) is 5.75 Å². The Kier molecular flexibility index (Phi) is 3.87. The third kappa shape index (κ3) is 2.65. The summed E-state index contributed by atoms with van der Waals surface area (Å²) in [4.78, 5) is 13.6. The molecule has 134 valence electrons. The molecule has 2 unspecified atom stereocenters. The van der Waals surface area contributed by atoms with Gasteiger partial charge in [-0.15, -0.1) is 0 Å². The normalized spacial score (nSPS) is 27.7. The number of hydrogen-bond donors (Lipinski definition) is 2. The van der Waals surface area contributed by atoms with Crippen LogP contribution in [-0.4, -0.2) is 38.0 Å². The molecule has 2 atom stereocenters. The maximum Gasteiger partial charge on any atom is 0.353 e. The fourth-order valence-corrected chi connectivity index (χ4v) is 4.56. The van der Waals surface area contributed by atoms with Gasteiger partial charge < -0.3 is 14.7 Å². The molecule has 2 heterocycles. The minimum absolute atomic E-state index is 0.127. The summed E-state index contributed by atoms with van der Waals surface area (Å²) in [5, 5.41) is 20.7. The van der Waals surface area contributed by atoms with Gasteiger partial charge in [0.25, 0.3) is 0 Å². The first kappa shape index (κ1) is 16.3. The fourth-order valence-electron chi connectivity index (χ4n) is 4.56. The average Bonchev–Trinajstić information content (AvgIpc) is 2.90. The second-order valence-electron chi connectivity index (χ2n) is 7.34. The molecule has 0 saturated heterocycles. The van der Waals surface area contributed by atoms with Crippen molar-refractivity contribution >= 4 is 5.97 Å². The van der Waals surface area contributed by atoms with Gasteiger partial charge in [-0.1, -0.05) is 24.6 Å². The summed E-state index contributed by atoms with van der Waals surface area (Å²) in [6.07, 6.45) is 7.11. The lowest BCUT2D eigenvalue weighted by atomic mass is 9.76. The molecule has 4 rings (SSSR count). The summed E-state index contributed by atoms with van der Waals surface area (Å²) in [7, 11) is 0. The average molecular weight is 344 g/mol. The number of nitrogens with zero attached hydrogens (tertiary/aromatic N) is 2. The third-order valence-corrected chi connectivity index (χ3v) is 5.81. The SMILES string of the molecule is CC1N(O)C=C(C(=O)O)N1C1CC2(CCCCC2)Oc2ccccc21. The molecule has 6 heteroatoms. The fraction of sp³-hybridized carbons (Fsp3) is 0.526. The van der Waals surface area contributed by atoms with Crippen molar-refractivity contribution in [2.24, 2.45) is 0 Å². The number of ether oxygens (including phenoxy) is 1. The van der Waals surface area contributed by atoms with E-state index in [9.17, 15) is 15.1 Å². The first-order valence-electron chi connectivity index (χ1n) is 8.99. The Hall–Kier alpha value is -2.21. The zero-order chi connectivity index (χ0) is 17.6. The number of carboxylic acid groups (broad SMARTS) is 1. The Labute approximate surface area is 147 Å². The van der Waals surface area contributed by atoms with E-state index in [4.69, 9.17) is 4.74 Å². The highest BCUT2D eigenvalue weighted by atomic mass is 16.5.